The van der Waals surface area contributed by atoms with Crippen LogP contribution in [0.25, 0.3) is 11.1 Å². The summed E-state index contributed by atoms with van der Waals surface area (Å²) >= 11 is 6.57. The number of amides is 1. The van der Waals surface area contributed by atoms with Gasteiger partial charge in [0.2, 0.25) is 5.91 Å². The minimum Gasteiger partial charge on any atom is -0.383 e. The third-order valence-corrected chi connectivity index (χ3v) is 5.81. The summed E-state index contributed by atoms with van der Waals surface area (Å²) in [6.45, 7) is 1.44. The van der Waals surface area contributed by atoms with Crippen molar-refractivity contribution >= 4 is 28.9 Å². The zero-order chi connectivity index (χ0) is 19.5. The highest BCUT2D eigenvalue weighted by atomic mass is 35.5. The average Bonchev–Trinajstić information content (AvgIpc) is 3.61. The first-order valence-electron chi connectivity index (χ1n) is 9.94. The van der Waals surface area contributed by atoms with Gasteiger partial charge in [-0.15, -0.1) is 0 Å². The first-order valence-corrected chi connectivity index (χ1v) is 10.3. The van der Waals surface area contributed by atoms with Crippen molar-refractivity contribution in [3.05, 3.63) is 47.0 Å². The van der Waals surface area contributed by atoms with Gasteiger partial charge < -0.3 is 10.6 Å². The van der Waals surface area contributed by atoms with Crippen LogP contribution in [0, 0.1) is 17.4 Å². The van der Waals surface area contributed by atoms with E-state index in [-0.39, 0.29) is 5.91 Å². The Morgan fingerprint density at radius 1 is 1.07 bits per heavy atom. The van der Waals surface area contributed by atoms with Crippen molar-refractivity contribution < 1.29 is 4.79 Å². The van der Waals surface area contributed by atoms with Crippen molar-refractivity contribution in [3.63, 3.8) is 0 Å². The molecule has 146 valence electrons. The van der Waals surface area contributed by atoms with Crippen LogP contribution in [0.1, 0.15) is 37.7 Å². The summed E-state index contributed by atoms with van der Waals surface area (Å²) in [6.07, 6.45) is 5.54. The number of rotatable bonds is 9. The first-order chi connectivity index (χ1) is 13.6. The second-order valence-electron chi connectivity index (χ2n) is 7.88. The highest BCUT2D eigenvalue weighted by Crippen LogP contribution is 2.41. The minimum atomic E-state index is 0.130. The smallest absolute Gasteiger partial charge is 0.220 e. The SMILES string of the molecule is N=Nc1c(NCC2CC2)ccc(-c2ccc(CNC(=O)CC3CC3)cc2)c1Cl. The number of carbonyl (C=O) groups excluding carboxylic acids is 1. The fourth-order valence-electron chi connectivity index (χ4n) is 3.27. The van der Waals surface area contributed by atoms with Gasteiger partial charge in [-0.05, 0) is 54.7 Å². The maximum Gasteiger partial charge on any atom is 0.220 e. The summed E-state index contributed by atoms with van der Waals surface area (Å²) in [5.74, 6) is 1.46. The van der Waals surface area contributed by atoms with E-state index >= 15 is 0 Å². The largest absolute Gasteiger partial charge is 0.383 e. The molecule has 4 rings (SSSR count). The van der Waals surface area contributed by atoms with E-state index in [1.165, 1.54) is 25.7 Å². The van der Waals surface area contributed by atoms with Crippen molar-refractivity contribution in [2.24, 2.45) is 17.0 Å². The molecule has 0 heterocycles. The fourth-order valence-corrected chi connectivity index (χ4v) is 3.59. The second kappa shape index (κ2) is 8.31. The Bertz CT molecular complexity index is 873. The molecule has 3 N–H and O–H groups in total. The molecule has 0 radical (unpaired) electrons. The molecule has 0 aliphatic heterocycles. The van der Waals surface area contributed by atoms with Crippen LogP contribution in [0.2, 0.25) is 5.02 Å². The van der Waals surface area contributed by atoms with E-state index in [0.29, 0.717) is 29.6 Å². The number of anilines is 1. The van der Waals surface area contributed by atoms with E-state index in [2.05, 4.69) is 15.7 Å². The molecule has 1 amide bonds. The van der Waals surface area contributed by atoms with E-state index in [0.717, 1.165) is 34.8 Å². The summed E-state index contributed by atoms with van der Waals surface area (Å²) in [5, 5.41) is 10.5. The first kappa shape index (κ1) is 18.9. The van der Waals surface area contributed by atoms with Crippen molar-refractivity contribution in [1.82, 2.24) is 5.32 Å². The lowest BCUT2D eigenvalue weighted by Gasteiger charge is -2.13. The van der Waals surface area contributed by atoms with Crippen LogP contribution in [-0.4, -0.2) is 12.5 Å². The highest BCUT2D eigenvalue weighted by molar-refractivity contribution is 6.36. The topological polar surface area (TPSA) is 77.3 Å². The van der Waals surface area contributed by atoms with Crippen LogP contribution in [0.5, 0.6) is 0 Å². The molecule has 6 heteroatoms. The Hall–Kier alpha value is -2.40. The molecule has 2 aliphatic carbocycles. The van der Waals surface area contributed by atoms with Gasteiger partial charge in [-0.1, -0.05) is 41.9 Å². The summed E-state index contributed by atoms with van der Waals surface area (Å²) < 4.78 is 0. The molecule has 0 aromatic heterocycles. The lowest BCUT2D eigenvalue weighted by Crippen LogP contribution is -2.22. The third kappa shape index (κ3) is 4.71. The monoisotopic (exact) mass is 396 g/mol. The summed E-state index contributed by atoms with van der Waals surface area (Å²) in [5.41, 5.74) is 11.7. The maximum atomic E-state index is 11.8. The molecule has 28 heavy (non-hydrogen) atoms. The lowest BCUT2D eigenvalue weighted by atomic mass is 10.0. The molecule has 2 aromatic carbocycles. The molecule has 2 saturated carbocycles. The van der Waals surface area contributed by atoms with E-state index in [1.807, 2.05) is 36.4 Å². The number of carbonyl (C=O) groups is 1. The van der Waals surface area contributed by atoms with E-state index in [1.54, 1.807) is 0 Å². The molecule has 0 bridgehead atoms. The van der Waals surface area contributed by atoms with Crippen LogP contribution in [0.4, 0.5) is 11.4 Å². The van der Waals surface area contributed by atoms with Crippen molar-refractivity contribution in [2.75, 3.05) is 11.9 Å². The van der Waals surface area contributed by atoms with E-state index < -0.39 is 0 Å². The van der Waals surface area contributed by atoms with Gasteiger partial charge in [0.15, 0.2) is 0 Å². The molecule has 2 aromatic rings. The van der Waals surface area contributed by atoms with E-state index in [9.17, 15) is 4.79 Å². The van der Waals surface area contributed by atoms with Crippen molar-refractivity contribution in [1.29, 1.82) is 5.53 Å². The number of halogens is 1. The zero-order valence-corrected chi connectivity index (χ0v) is 16.6. The Morgan fingerprint density at radius 3 is 2.43 bits per heavy atom. The molecule has 0 saturated heterocycles. The number of hydrogen-bond acceptors (Lipinski definition) is 4. The predicted octanol–water partition coefficient (Wildman–Crippen LogP) is 5.91. The highest BCUT2D eigenvalue weighted by Gasteiger charge is 2.24. The predicted molar refractivity (Wildman–Crippen MR) is 112 cm³/mol. The van der Waals surface area contributed by atoms with Gasteiger partial charge in [-0.3, -0.25) is 4.79 Å². The standard InChI is InChI=1S/C22H25ClN4O/c23-21-18(9-10-19(22(21)27-24)25-12-15-3-4-15)17-7-5-16(6-8-17)13-26-20(28)11-14-1-2-14/h5-10,14-15,24-25H,1-4,11-13H2,(H,26,28). The van der Waals surface area contributed by atoms with Crippen LogP contribution >= 0.6 is 11.6 Å². The summed E-state index contributed by atoms with van der Waals surface area (Å²) in [6, 6.07) is 11.9. The van der Waals surface area contributed by atoms with Crippen LogP contribution < -0.4 is 10.6 Å². The number of nitrogens with one attached hydrogen (secondary N) is 3. The normalized spacial score (nSPS) is 15.9. The number of benzene rings is 2. The Balaban J connectivity index is 1.43. The zero-order valence-electron chi connectivity index (χ0n) is 15.8. The molecule has 0 atom stereocenters. The van der Waals surface area contributed by atoms with Crippen LogP contribution in [-0.2, 0) is 11.3 Å². The Morgan fingerprint density at radius 2 is 1.79 bits per heavy atom. The van der Waals surface area contributed by atoms with Crippen LogP contribution in [0.3, 0.4) is 0 Å². The molecule has 5 nitrogen and oxygen atoms in total. The van der Waals surface area contributed by atoms with Gasteiger partial charge in [-0.2, -0.15) is 5.11 Å². The Labute approximate surface area is 170 Å². The summed E-state index contributed by atoms with van der Waals surface area (Å²) in [4.78, 5) is 11.8. The average molecular weight is 397 g/mol. The maximum absolute atomic E-state index is 11.8. The summed E-state index contributed by atoms with van der Waals surface area (Å²) in [7, 11) is 0. The molecular formula is C22H25ClN4O. The third-order valence-electron chi connectivity index (χ3n) is 5.43. The van der Waals surface area contributed by atoms with Gasteiger partial charge in [0.1, 0.15) is 5.69 Å². The van der Waals surface area contributed by atoms with E-state index in [4.69, 9.17) is 17.1 Å². The molecule has 2 fully saturated rings. The second-order valence-corrected chi connectivity index (χ2v) is 8.26. The number of hydrogen-bond donors (Lipinski definition) is 3. The van der Waals surface area contributed by atoms with Crippen LogP contribution in [0.15, 0.2) is 41.5 Å². The van der Waals surface area contributed by atoms with Crippen molar-refractivity contribution in [3.8, 4) is 11.1 Å². The minimum absolute atomic E-state index is 0.130. The van der Waals surface area contributed by atoms with Gasteiger partial charge in [0.05, 0.1) is 10.7 Å². The fraction of sp³-hybridized carbons (Fsp3) is 0.409. The van der Waals surface area contributed by atoms with Gasteiger partial charge in [0, 0.05) is 25.1 Å². The molecule has 2 aliphatic rings. The van der Waals surface area contributed by atoms with Crippen molar-refractivity contribution in [2.45, 2.75) is 38.6 Å². The molecular weight excluding hydrogens is 372 g/mol. The van der Waals surface area contributed by atoms with Gasteiger partial charge >= 0.3 is 0 Å². The van der Waals surface area contributed by atoms with Gasteiger partial charge in [0.25, 0.3) is 0 Å². The molecule has 0 spiro atoms. The lowest BCUT2D eigenvalue weighted by molar-refractivity contribution is -0.121. The molecule has 0 unspecified atom stereocenters. The number of nitrogens with zero attached hydrogens (tertiary/aromatic N) is 1. The van der Waals surface area contributed by atoms with Gasteiger partial charge in [-0.25, -0.2) is 5.53 Å². The Kier molecular flexibility index (Phi) is 5.62. The quantitative estimate of drug-likeness (QED) is 0.461.